The van der Waals surface area contributed by atoms with Gasteiger partial charge in [-0.2, -0.15) is 10.2 Å². The lowest BCUT2D eigenvalue weighted by molar-refractivity contribution is 0.0219. The summed E-state index contributed by atoms with van der Waals surface area (Å²) >= 11 is 0. The summed E-state index contributed by atoms with van der Waals surface area (Å²) in [7, 11) is 0.701. The molecule has 3 aromatic heterocycles. The molecular formula is C24H29N5O4Si. The summed E-state index contributed by atoms with van der Waals surface area (Å²) in [5.41, 5.74) is 1.69. The first kappa shape index (κ1) is 23.6. The highest BCUT2D eigenvalue weighted by atomic mass is 28.3. The average Bonchev–Trinajstić information content (AvgIpc) is 3.23. The molecule has 0 saturated carbocycles. The highest BCUT2D eigenvalue weighted by Crippen LogP contribution is 2.23. The third-order valence-electron chi connectivity index (χ3n) is 5.14. The Morgan fingerprint density at radius 2 is 1.85 bits per heavy atom. The molecule has 4 aromatic rings. The molecule has 34 heavy (non-hydrogen) atoms. The molecule has 0 radical (unpaired) electrons. The van der Waals surface area contributed by atoms with Gasteiger partial charge < -0.3 is 14.2 Å². The lowest BCUT2D eigenvalue weighted by Crippen LogP contribution is -2.22. The average molecular weight is 480 g/mol. The van der Waals surface area contributed by atoms with Gasteiger partial charge in [-0.15, -0.1) is 0 Å². The molecule has 0 aliphatic carbocycles. The van der Waals surface area contributed by atoms with E-state index in [4.69, 9.17) is 14.2 Å². The van der Waals surface area contributed by atoms with E-state index in [1.54, 1.807) is 28.0 Å². The molecule has 10 heteroatoms. The summed E-state index contributed by atoms with van der Waals surface area (Å²) in [5.74, 6) is 1.23. The van der Waals surface area contributed by atoms with Crippen LogP contribution in [0, 0.1) is 0 Å². The van der Waals surface area contributed by atoms with E-state index in [0.29, 0.717) is 23.8 Å². The van der Waals surface area contributed by atoms with E-state index < -0.39 is 8.07 Å². The van der Waals surface area contributed by atoms with Gasteiger partial charge in [-0.1, -0.05) is 19.6 Å². The highest BCUT2D eigenvalue weighted by Gasteiger charge is 2.12. The lowest BCUT2D eigenvalue weighted by Gasteiger charge is -2.15. The van der Waals surface area contributed by atoms with Crippen molar-refractivity contribution in [1.29, 1.82) is 0 Å². The number of ether oxygens (including phenoxy) is 3. The zero-order valence-corrected chi connectivity index (χ0v) is 20.9. The molecule has 0 amide bonds. The van der Waals surface area contributed by atoms with Crippen LogP contribution in [0.15, 0.2) is 59.9 Å². The molecule has 9 nitrogen and oxygen atoms in total. The molecule has 0 atom stereocenters. The fourth-order valence-electron chi connectivity index (χ4n) is 3.17. The highest BCUT2D eigenvalue weighted by molar-refractivity contribution is 6.76. The Bertz CT molecular complexity index is 1330. The number of nitrogens with zero attached hydrogens (tertiary/aromatic N) is 5. The van der Waals surface area contributed by atoms with Crippen LogP contribution in [0.2, 0.25) is 25.7 Å². The largest absolute Gasteiger partial charge is 0.487 e. The van der Waals surface area contributed by atoms with E-state index in [1.165, 1.54) is 6.07 Å². The van der Waals surface area contributed by atoms with Crippen LogP contribution in [0.5, 0.6) is 11.5 Å². The van der Waals surface area contributed by atoms with Crippen molar-refractivity contribution in [3.8, 4) is 17.2 Å². The maximum Gasteiger partial charge on any atom is 0.206 e. The molecule has 178 valence electrons. The molecule has 0 fully saturated rings. The van der Waals surface area contributed by atoms with Gasteiger partial charge in [0.25, 0.3) is 0 Å². The monoisotopic (exact) mass is 479 g/mol. The molecule has 1 aromatic carbocycles. The first-order valence-corrected chi connectivity index (χ1v) is 14.8. The standard InChI is InChI=1S/C24H29N5O4Si/c1-28-15-19(13-26-28)29-8-7-24(30)23(27-29)16-32-20-5-6-22-18(11-20)12-21(14-25-22)33-17-31-9-10-34(2,3)4/h5-8,11-15H,9-10,16-17H2,1-4H3. The van der Waals surface area contributed by atoms with Crippen LogP contribution in [0.1, 0.15) is 5.69 Å². The number of aromatic nitrogens is 5. The SMILES string of the molecule is Cn1cc(-n2ccc(=O)c(COc3ccc4ncc(OCOCC[Si](C)(C)C)cc4c3)n2)cn1. The Labute approximate surface area is 198 Å². The minimum absolute atomic E-state index is 0.0417. The van der Waals surface area contributed by atoms with E-state index in [9.17, 15) is 4.79 Å². The molecule has 0 bridgehead atoms. The Kier molecular flexibility index (Phi) is 7.08. The van der Waals surface area contributed by atoms with E-state index in [1.807, 2.05) is 37.5 Å². The second-order valence-electron chi connectivity index (χ2n) is 9.24. The van der Waals surface area contributed by atoms with Crippen LogP contribution < -0.4 is 14.9 Å². The van der Waals surface area contributed by atoms with Gasteiger partial charge >= 0.3 is 0 Å². The molecule has 0 aliphatic rings. The number of aryl methyl sites for hydroxylation is 1. The van der Waals surface area contributed by atoms with Crippen LogP contribution in [0.3, 0.4) is 0 Å². The summed E-state index contributed by atoms with van der Waals surface area (Å²) in [6.45, 7) is 7.87. The van der Waals surface area contributed by atoms with Crippen molar-refractivity contribution >= 4 is 19.0 Å². The van der Waals surface area contributed by atoms with Crippen molar-refractivity contribution in [2.45, 2.75) is 32.3 Å². The molecule has 4 rings (SSSR count). The van der Waals surface area contributed by atoms with Crippen molar-refractivity contribution in [2.24, 2.45) is 7.05 Å². The van der Waals surface area contributed by atoms with E-state index in [-0.39, 0.29) is 18.8 Å². The van der Waals surface area contributed by atoms with Gasteiger partial charge in [0.15, 0.2) is 6.79 Å². The maximum absolute atomic E-state index is 12.3. The number of rotatable bonds is 10. The summed E-state index contributed by atoms with van der Waals surface area (Å²) in [6, 6.07) is 10.0. The third kappa shape index (κ3) is 6.30. The number of hydrogen-bond donors (Lipinski definition) is 0. The van der Waals surface area contributed by atoms with Gasteiger partial charge in [0.2, 0.25) is 5.43 Å². The predicted molar refractivity (Wildman–Crippen MR) is 132 cm³/mol. The predicted octanol–water partition coefficient (Wildman–Crippen LogP) is 3.78. The number of benzene rings is 1. The van der Waals surface area contributed by atoms with Crippen LogP contribution in [0.25, 0.3) is 16.6 Å². The molecule has 0 N–H and O–H groups in total. The molecule has 0 spiro atoms. The smallest absolute Gasteiger partial charge is 0.206 e. The quantitative estimate of drug-likeness (QED) is 0.194. The Morgan fingerprint density at radius 3 is 2.62 bits per heavy atom. The number of pyridine rings is 1. The molecule has 0 aliphatic heterocycles. The summed E-state index contributed by atoms with van der Waals surface area (Å²) in [5, 5.41) is 9.40. The van der Waals surface area contributed by atoms with E-state index in [2.05, 4.69) is 34.8 Å². The van der Waals surface area contributed by atoms with Gasteiger partial charge in [0, 0.05) is 39.4 Å². The molecule has 0 saturated heterocycles. The first-order valence-electron chi connectivity index (χ1n) is 11.1. The first-order chi connectivity index (χ1) is 16.3. The van der Waals surface area contributed by atoms with Crippen LogP contribution >= 0.6 is 0 Å². The second-order valence-corrected chi connectivity index (χ2v) is 14.9. The minimum Gasteiger partial charge on any atom is -0.487 e. The van der Waals surface area contributed by atoms with Crippen LogP contribution in [0.4, 0.5) is 0 Å². The fourth-order valence-corrected chi connectivity index (χ4v) is 3.93. The van der Waals surface area contributed by atoms with Gasteiger partial charge in [0.1, 0.15) is 29.5 Å². The zero-order valence-electron chi connectivity index (χ0n) is 19.9. The Balaban J connectivity index is 1.40. The van der Waals surface area contributed by atoms with Crippen LogP contribution in [-0.4, -0.2) is 46.0 Å². The van der Waals surface area contributed by atoms with Crippen LogP contribution in [-0.2, 0) is 18.4 Å². The summed E-state index contributed by atoms with van der Waals surface area (Å²) in [4.78, 5) is 16.7. The Morgan fingerprint density at radius 1 is 1.03 bits per heavy atom. The summed E-state index contributed by atoms with van der Waals surface area (Å²) < 4.78 is 20.5. The number of hydrogen-bond acceptors (Lipinski definition) is 7. The summed E-state index contributed by atoms with van der Waals surface area (Å²) in [6.07, 6.45) is 6.78. The maximum atomic E-state index is 12.3. The van der Waals surface area contributed by atoms with Crippen molar-refractivity contribution in [1.82, 2.24) is 24.5 Å². The fraction of sp³-hybridized carbons (Fsp3) is 0.333. The van der Waals surface area contributed by atoms with Crippen molar-refractivity contribution < 1.29 is 14.2 Å². The van der Waals surface area contributed by atoms with Gasteiger partial charge in [0.05, 0.1) is 24.1 Å². The minimum atomic E-state index is -1.12. The van der Waals surface area contributed by atoms with Gasteiger partial charge in [-0.3, -0.25) is 14.5 Å². The normalized spacial score (nSPS) is 11.6. The van der Waals surface area contributed by atoms with Gasteiger partial charge in [-0.05, 0) is 30.3 Å². The van der Waals surface area contributed by atoms with Gasteiger partial charge in [-0.25, -0.2) is 4.68 Å². The number of fused-ring (bicyclic) bond motifs is 1. The molecule has 3 heterocycles. The van der Waals surface area contributed by atoms with Crippen molar-refractivity contribution in [2.75, 3.05) is 13.4 Å². The van der Waals surface area contributed by atoms with Crippen molar-refractivity contribution in [3.05, 3.63) is 71.0 Å². The zero-order chi connectivity index (χ0) is 24.1. The second kappa shape index (κ2) is 10.2. The van der Waals surface area contributed by atoms with E-state index in [0.717, 1.165) is 22.6 Å². The van der Waals surface area contributed by atoms with Crippen molar-refractivity contribution in [3.63, 3.8) is 0 Å². The van der Waals surface area contributed by atoms with E-state index >= 15 is 0 Å². The third-order valence-corrected chi connectivity index (χ3v) is 6.85. The Hall–Kier alpha value is -3.50. The topological polar surface area (TPSA) is 93.3 Å². The lowest BCUT2D eigenvalue weighted by atomic mass is 10.2. The molecular weight excluding hydrogens is 450 g/mol. The molecule has 0 unspecified atom stereocenters.